The van der Waals surface area contributed by atoms with E-state index in [9.17, 15) is 14.4 Å². The number of esters is 1. The van der Waals surface area contributed by atoms with Gasteiger partial charge in [-0.3, -0.25) is 14.2 Å². The molecule has 0 atom stereocenters. The van der Waals surface area contributed by atoms with Gasteiger partial charge in [0, 0.05) is 17.4 Å². The number of carbonyl (C=O) groups excluding carboxylic acids is 2. The number of aryl methyl sites for hydroxylation is 1. The quantitative estimate of drug-likeness (QED) is 0.431. The predicted molar refractivity (Wildman–Crippen MR) is 117 cm³/mol. The van der Waals surface area contributed by atoms with Gasteiger partial charge in [-0.05, 0) is 52.5 Å². The monoisotopic (exact) mass is 489 g/mol. The lowest BCUT2D eigenvalue weighted by Gasteiger charge is -2.07. The average molecular weight is 490 g/mol. The fourth-order valence-electron chi connectivity index (χ4n) is 3.03. The van der Waals surface area contributed by atoms with Gasteiger partial charge in [-0.25, -0.2) is 14.5 Å². The van der Waals surface area contributed by atoms with Crippen molar-refractivity contribution in [1.29, 1.82) is 0 Å². The number of nitrogens with zero attached hydrogens (tertiary/aromatic N) is 4. The van der Waals surface area contributed by atoms with Crippen LogP contribution in [0.25, 0.3) is 21.1 Å². The number of hydrogen-bond acceptors (Lipinski definition) is 7. The molecule has 0 spiro atoms. The molecule has 0 radical (unpaired) electrons. The summed E-state index contributed by atoms with van der Waals surface area (Å²) in [5.74, 6) is -0.744. The second kappa shape index (κ2) is 8.00. The van der Waals surface area contributed by atoms with E-state index < -0.39 is 0 Å². The van der Waals surface area contributed by atoms with Crippen molar-refractivity contribution in [3.8, 4) is 0 Å². The van der Waals surface area contributed by atoms with E-state index >= 15 is 0 Å². The van der Waals surface area contributed by atoms with Crippen molar-refractivity contribution in [3.63, 3.8) is 0 Å². The number of amides is 1. The van der Waals surface area contributed by atoms with Crippen LogP contribution < -0.4 is 10.9 Å². The first-order valence-corrected chi connectivity index (χ1v) is 10.6. The molecule has 4 rings (SSSR count). The highest BCUT2D eigenvalue weighted by Crippen LogP contribution is 2.28. The Balaban J connectivity index is 1.54. The van der Waals surface area contributed by atoms with Gasteiger partial charge in [0.15, 0.2) is 5.65 Å². The van der Waals surface area contributed by atoms with Gasteiger partial charge in [0.05, 0.1) is 6.61 Å². The van der Waals surface area contributed by atoms with Crippen LogP contribution in [0.3, 0.4) is 0 Å². The van der Waals surface area contributed by atoms with Gasteiger partial charge in [0.25, 0.3) is 5.56 Å². The van der Waals surface area contributed by atoms with E-state index in [4.69, 9.17) is 4.74 Å². The van der Waals surface area contributed by atoms with Crippen LogP contribution in [-0.4, -0.2) is 37.8 Å². The minimum atomic E-state index is -0.376. The van der Waals surface area contributed by atoms with E-state index in [1.165, 1.54) is 26.9 Å². The molecule has 4 aromatic rings. The van der Waals surface area contributed by atoms with Crippen molar-refractivity contribution in [2.45, 2.75) is 13.5 Å². The Labute approximate surface area is 182 Å². The SMILES string of the molecule is CCOC(=O)c1cc2cc(NC(=O)Cn3cnc4c(c(Br)nn4C)c3=O)ccc2s1. The predicted octanol–water partition coefficient (Wildman–Crippen LogP) is 2.92. The Morgan fingerprint density at radius 2 is 2.10 bits per heavy atom. The highest BCUT2D eigenvalue weighted by molar-refractivity contribution is 9.10. The molecule has 0 aliphatic carbocycles. The molecular formula is C19H16BrN5O4S. The van der Waals surface area contributed by atoms with Gasteiger partial charge in [0.1, 0.15) is 27.7 Å². The number of ether oxygens (including phenoxy) is 1. The fraction of sp³-hybridized carbons (Fsp3) is 0.211. The number of halogens is 1. The van der Waals surface area contributed by atoms with Gasteiger partial charge in [-0.1, -0.05) is 0 Å². The third kappa shape index (κ3) is 3.73. The Bertz CT molecular complexity index is 1360. The lowest BCUT2D eigenvalue weighted by Crippen LogP contribution is -2.28. The van der Waals surface area contributed by atoms with Gasteiger partial charge < -0.3 is 10.1 Å². The zero-order chi connectivity index (χ0) is 21.4. The molecule has 0 saturated heterocycles. The first-order valence-electron chi connectivity index (χ1n) is 8.95. The highest BCUT2D eigenvalue weighted by atomic mass is 79.9. The molecule has 9 nitrogen and oxygen atoms in total. The molecule has 0 saturated carbocycles. The smallest absolute Gasteiger partial charge is 0.348 e. The number of nitrogens with one attached hydrogen (secondary N) is 1. The molecule has 0 bridgehead atoms. The summed E-state index contributed by atoms with van der Waals surface area (Å²) >= 11 is 4.58. The van der Waals surface area contributed by atoms with Crippen molar-refractivity contribution in [3.05, 3.63) is 50.4 Å². The number of fused-ring (bicyclic) bond motifs is 2. The summed E-state index contributed by atoms with van der Waals surface area (Å²) in [5, 5.41) is 8.03. The zero-order valence-electron chi connectivity index (χ0n) is 16.0. The molecule has 1 aromatic carbocycles. The molecule has 30 heavy (non-hydrogen) atoms. The van der Waals surface area contributed by atoms with Crippen LogP contribution in [0.2, 0.25) is 0 Å². The third-order valence-corrected chi connectivity index (χ3v) is 6.01. The molecule has 154 valence electrons. The number of anilines is 1. The molecule has 11 heteroatoms. The maximum Gasteiger partial charge on any atom is 0.348 e. The van der Waals surface area contributed by atoms with E-state index in [1.807, 2.05) is 6.07 Å². The number of carbonyl (C=O) groups is 2. The van der Waals surface area contributed by atoms with Crippen molar-refractivity contribution in [2.75, 3.05) is 11.9 Å². The molecule has 0 fully saturated rings. The fourth-order valence-corrected chi connectivity index (χ4v) is 4.55. The van der Waals surface area contributed by atoms with Crippen molar-refractivity contribution < 1.29 is 14.3 Å². The lowest BCUT2D eigenvalue weighted by atomic mass is 10.2. The second-order valence-corrected chi connectivity index (χ2v) is 8.26. The highest BCUT2D eigenvalue weighted by Gasteiger charge is 2.16. The van der Waals surface area contributed by atoms with Crippen LogP contribution in [0, 0.1) is 0 Å². The van der Waals surface area contributed by atoms with Crippen LogP contribution in [0.1, 0.15) is 16.6 Å². The molecule has 1 N–H and O–H groups in total. The van der Waals surface area contributed by atoms with Crippen molar-refractivity contribution in [1.82, 2.24) is 19.3 Å². The largest absolute Gasteiger partial charge is 0.462 e. The van der Waals surface area contributed by atoms with Crippen LogP contribution in [0.5, 0.6) is 0 Å². The third-order valence-electron chi connectivity index (χ3n) is 4.36. The Kier molecular flexibility index (Phi) is 5.39. The minimum Gasteiger partial charge on any atom is -0.462 e. The molecule has 0 aliphatic heterocycles. The normalized spacial score (nSPS) is 11.2. The standard InChI is InChI=1S/C19H16BrN5O4S/c1-3-29-19(28)13-7-10-6-11(4-5-12(10)30-13)22-14(26)8-25-9-21-17-15(18(25)27)16(20)23-24(17)2/h4-7,9H,3,8H2,1-2H3,(H,22,26). The van der Waals surface area contributed by atoms with E-state index in [-0.39, 0.29) is 24.0 Å². The summed E-state index contributed by atoms with van der Waals surface area (Å²) in [5.41, 5.74) is 0.636. The van der Waals surface area contributed by atoms with Crippen LogP contribution in [-0.2, 0) is 23.1 Å². The number of benzene rings is 1. The number of thiophene rings is 1. The van der Waals surface area contributed by atoms with E-state index in [1.54, 1.807) is 32.2 Å². The summed E-state index contributed by atoms with van der Waals surface area (Å²) in [6, 6.07) is 7.07. The summed E-state index contributed by atoms with van der Waals surface area (Å²) in [7, 11) is 1.69. The van der Waals surface area contributed by atoms with Crippen LogP contribution >= 0.6 is 27.3 Å². The second-order valence-electron chi connectivity index (χ2n) is 6.42. The molecule has 1 amide bonds. The summed E-state index contributed by atoms with van der Waals surface area (Å²) in [4.78, 5) is 41.8. The van der Waals surface area contributed by atoms with Crippen molar-refractivity contribution >= 4 is 66.0 Å². The number of aromatic nitrogens is 4. The van der Waals surface area contributed by atoms with Gasteiger partial charge in [0.2, 0.25) is 5.91 Å². The molecule has 3 aromatic heterocycles. The average Bonchev–Trinajstić information content (AvgIpc) is 3.24. The molecular weight excluding hydrogens is 474 g/mol. The minimum absolute atomic E-state index is 0.196. The first-order chi connectivity index (χ1) is 14.4. The van der Waals surface area contributed by atoms with E-state index in [0.717, 1.165) is 10.1 Å². The number of rotatable bonds is 5. The Morgan fingerprint density at radius 3 is 2.87 bits per heavy atom. The van der Waals surface area contributed by atoms with E-state index in [0.29, 0.717) is 32.8 Å². The lowest BCUT2D eigenvalue weighted by molar-refractivity contribution is -0.116. The topological polar surface area (TPSA) is 108 Å². The summed E-state index contributed by atoms with van der Waals surface area (Å²) in [6.45, 7) is 1.87. The maximum atomic E-state index is 12.7. The Hall–Kier alpha value is -3.05. The van der Waals surface area contributed by atoms with Crippen molar-refractivity contribution in [2.24, 2.45) is 7.05 Å². The van der Waals surface area contributed by atoms with Gasteiger partial charge in [-0.2, -0.15) is 5.10 Å². The van der Waals surface area contributed by atoms with Crippen LogP contribution in [0.4, 0.5) is 5.69 Å². The Morgan fingerprint density at radius 1 is 1.30 bits per heavy atom. The number of hydrogen-bond donors (Lipinski definition) is 1. The molecule has 0 aliphatic rings. The summed E-state index contributed by atoms with van der Waals surface area (Å²) < 4.78 is 9.03. The van der Waals surface area contributed by atoms with E-state index in [2.05, 4.69) is 31.3 Å². The van der Waals surface area contributed by atoms with Gasteiger partial charge in [-0.15, -0.1) is 11.3 Å². The molecule has 3 heterocycles. The zero-order valence-corrected chi connectivity index (χ0v) is 18.4. The maximum absolute atomic E-state index is 12.7. The first kappa shape index (κ1) is 20.2. The molecule has 0 unspecified atom stereocenters. The van der Waals surface area contributed by atoms with Crippen LogP contribution in [0.15, 0.2) is 40.0 Å². The summed E-state index contributed by atoms with van der Waals surface area (Å²) in [6.07, 6.45) is 1.33. The van der Waals surface area contributed by atoms with Gasteiger partial charge >= 0.3 is 5.97 Å².